The molecular weight excluding hydrogens is 329 g/mol. The molecule has 0 atom stereocenters. The Morgan fingerprint density at radius 3 is 2.43 bits per heavy atom. The van der Waals surface area contributed by atoms with Gasteiger partial charge < -0.3 is 10.2 Å². The maximum atomic E-state index is 12.7. The minimum absolute atomic E-state index is 0.0660. The van der Waals surface area contributed by atoms with Crippen LogP contribution >= 0.6 is 11.6 Å². The molecule has 0 aliphatic heterocycles. The summed E-state index contributed by atoms with van der Waals surface area (Å²) in [6.07, 6.45) is -4.47. The number of carbonyl (C=O) groups excluding carboxylic acids is 1. The summed E-state index contributed by atoms with van der Waals surface area (Å²) in [6, 6.07) is 11.8. The van der Waals surface area contributed by atoms with Gasteiger partial charge in [-0.15, -0.1) is 0 Å². The van der Waals surface area contributed by atoms with Gasteiger partial charge >= 0.3 is 6.18 Å². The molecule has 1 N–H and O–H groups in total. The quantitative estimate of drug-likeness (QED) is 0.891. The predicted octanol–water partition coefficient (Wildman–Crippen LogP) is 4.43. The van der Waals surface area contributed by atoms with Crippen LogP contribution in [0.3, 0.4) is 0 Å². The highest BCUT2D eigenvalue weighted by atomic mass is 35.5. The average molecular weight is 343 g/mol. The van der Waals surface area contributed by atoms with Crippen molar-refractivity contribution in [1.29, 1.82) is 0 Å². The van der Waals surface area contributed by atoms with E-state index in [1.165, 1.54) is 4.90 Å². The van der Waals surface area contributed by atoms with Crippen LogP contribution in [0.4, 0.5) is 24.5 Å². The van der Waals surface area contributed by atoms with Gasteiger partial charge in [0.2, 0.25) is 5.91 Å². The largest absolute Gasteiger partial charge is 0.416 e. The summed E-state index contributed by atoms with van der Waals surface area (Å²) in [5.41, 5.74) is -0.0704. The van der Waals surface area contributed by atoms with Crippen LogP contribution < -0.4 is 10.2 Å². The molecule has 3 nitrogen and oxygen atoms in total. The number of alkyl halides is 3. The van der Waals surface area contributed by atoms with Gasteiger partial charge in [0.25, 0.3) is 0 Å². The molecule has 2 rings (SSSR count). The zero-order valence-corrected chi connectivity index (χ0v) is 12.9. The van der Waals surface area contributed by atoms with E-state index in [9.17, 15) is 18.0 Å². The van der Waals surface area contributed by atoms with Crippen LogP contribution in [0.15, 0.2) is 48.5 Å². The summed E-state index contributed by atoms with van der Waals surface area (Å²) >= 11 is 5.87. The van der Waals surface area contributed by atoms with E-state index in [1.54, 1.807) is 31.3 Å². The van der Waals surface area contributed by atoms with Gasteiger partial charge in [0.15, 0.2) is 0 Å². The first-order chi connectivity index (χ1) is 10.8. The number of anilines is 2. The number of likely N-dealkylation sites (N-methyl/N-ethyl adjacent to an activating group) is 1. The molecule has 0 saturated carbocycles. The lowest BCUT2D eigenvalue weighted by Crippen LogP contribution is -2.32. The Labute approximate surface area is 136 Å². The van der Waals surface area contributed by atoms with E-state index in [1.807, 2.05) is 6.07 Å². The van der Waals surface area contributed by atoms with Crippen LogP contribution in [-0.2, 0) is 11.0 Å². The number of para-hydroxylation sites is 1. The molecule has 1 amide bonds. The number of nitrogens with one attached hydrogen (secondary N) is 1. The number of hydrogen-bond donors (Lipinski definition) is 1. The Morgan fingerprint density at radius 2 is 1.83 bits per heavy atom. The number of benzene rings is 2. The summed E-state index contributed by atoms with van der Waals surface area (Å²) < 4.78 is 38.1. The number of halogens is 4. The summed E-state index contributed by atoms with van der Waals surface area (Å²) in [5.74, 6) is -0.301. The van der Waals surface area contributed by atoms with E-state index in [2.05, 4.69) is 5.32 Å². The first-order valence-corrected chi connectivity index (χ1v) is 7.09. The molecule has 7 heteroatoms. The van der Waals surface area contributed by atoms with Gasteiger partial charge in [0, 0.05) is 12.7 Å². The summed E-state index contributed by atoms with van der Waals surface area (Å²) in [5, 5.41) is 2.77. The zero-order valence-electron chi connectivity index (χ0n) is 12.2. The van der Waals surface area contributed by atoms with Crippen molar-refractivity contribution in [2.24, 2.45) is 0 Å². The molecule has 0 unspecified atom stereocenters. The van der Waals surface area contributed by atoms with Gasteiger partial charge in [-0.1, -0.05) is 29.8 Å². The Balaban J connectivity index is 2.07. The van der Waals surface area contributed by atoms with Gasteiger partial charge in [-0.25, -0.2) is 0 Å². The van der Waals surface area contributed by atoms with Crippen molar-refractivity contribution in [1.82, 2.24) is 0 Å². The van der Waals surface area contributed by atoms with E-state index in [4.69, 9.17) is 11.6 Å². The molecule has 0 aromatic heterocycles. The maximum Gasteiger partial charge on any atom is 0.416 e. The van der Waals surface area contributed by atoms with E-state index in [0.29, 0.717) is 5.69 Å². The number of amides is 1. The molecule has 0 aliphatic carbocycles. The number of hydrogen-bond acceptors (Lipinski definition) is 2. The highest BCUT2D eigenvalue weighted by Gasteiger charge is 2.31. The van der Waals surface area contributed by atoms with Crippen molar-refractivity contribution in [2.45, 2.75) is 6.18 Å². The van der Waals surface area contributed by atoms with Crippen LogP contribution in [0.2, 0.25) is 5.02 Å². The standard InChI is InChI=1S/C16H14ClF3N2O/c1-22(12-5-3-2-4-6-12)15(23)10-21-14-9-11(16(18,19)20)7-8-13(14)17/h2-9,21H,10H2,1H3. The van der Waals surface area contributed by atoms with Crippen molar-refractivity contribution in [2.75, 3.05) is 23.8 Å². The number of nitrogens with zero attached hydrogens (tertiary/aromatic N) is 1. The van der Waals surface area contributed by atoms with Gasteiger partial charge in [-0.3, -0.25) is 4.79 Å². The fraction of sp³-hybridized carbons (Fsp3) is 0.188. The zero-order chi connectivity index (χ0) is 17.0. The lowest BCUT2D eigenvalue weighted by atomic mass is 10.2. The topological polar surface area (TPSA) is 32.3 Å². The second kappa shape index (κ2) is 6.91. The molecular formula is C16H14ClF3N2O. The van der Waals surface area contributed by atoms with Crippen molar-refractivity contribution < 1.29 is 18.0 Å². The lowest BCUT2D eigenvalue weighted by Gasteiger charge is -2.18. The van der Waals surface area contributed by atoms with Crippen molar-refractivity contribution in [3.05, 3.63) is 59.1 Å². The number of rotatable bonds is 4. The van der Waals surface area contributed by atoms with Gasteiger partial charge in [0.1, 0.15) is 0 Å². The van der Waals surface area contributed by atoms with Gasteiger partial charge in [-0.2, -0.15) is 13.2 Å². The summed E-state index contributed by atoms with van der Waals surface area (Å²) in [7, 11) is 1.59. The molecule has 0 bridgehead atoms. The monoisotopic (exact) mass is 342 g/mol. The fourth-order valence-electron chi connectivity index (χ4n) is 1.92. The second-order valence-corrected chi connectivity index (χ2v) is 5.24. The first kappa shape index (κ1) is 17.1. The van der Waals surface area contributed by atoms with E-state index < -0.39 is 11.7 Å². The molecule has 0 saturated heterocycles. The number of carbonyl (C=O) groups is 1. The molecule has 0 radical (unpaired) electrons. The lowest BCUT2D eigenvalue weighted by molar-refractivity contribution is -0.137. The SMILES string of the molecule is CN(C(=O)CNc1cc(C(F)(F)F)ccc1Cl)c1ccccc1. The van der Waals surface area contributed by atoms with E-state index in [0.717, 1.165) is 18.2 Å². The molecule has 0 aliphatic rings. The Hall–Kier alpha value is -2.21. The second-order valence-electron chi connectivity index (χ2n) is 4.83. The Kier molecular flexibility index (Phi) is 5.15. The molecule has 0 fully saturated rings. The predicted molar refractivity (Wildman–Crippen MR) is 84.8 cm³/mol. The third kappa shape index (κ3) is 4.39. The Morgan fingerprint density at radius 1 is 1.17 bits per heavy atom. The normalized spacial score (nSPS) is 11.2. The maximum absolute atomic E-state index is 12.7. The minimum atomic E-state index is -4.47. The Bertz CT molecular complexity index is 689. The van der Waals surface area contributed by atoms with Crippen molar-refractivity contribution >= 4 is 28.9 Å². The smallest absolute Gasteiger partial charge is 0.375 e. The fourth-order valence-corrected chi connectivity index (χ4v) is 2.11. The van der Waals surface area contributed by atoms with E-state index in [-0.39, 0.29) is 23.2 Å². The third-order valence-electron chi connectivity index (χ3n) is 3.24. The minimum Gasteiger partial charge on any atom is -0.375 e. The summed E-state index contributed by atoms with van der Waals surface area (Å²) in [6.45, 7) is -0.174. The average Bonchev–Trinajstić information content (AvgIpc) is 2.52. The van der Waals surface area contributed by atoms with Crippen molar-refractivity contribution in [3.63, 3.8) is 0 Å². The molecule has 2 aromatic carbocycles. The molecule has 23 heavy (non-hydrogen) atoms. The first-order valence-electron chi connectivity index (χ1n) is 6.71. The van der Waals surface area contributed by atoms with Crippen LogP contribution in [0.1, 0.15) is 5.56 Å². The van der Waals surface area contributed by atoms with Gasteiger partial charge in [0.05, 0.1) is 22.8 Å². The molecule has 0 heterocycles. The van der Waals surface area contributed by atoms with Crippen LogP contribution in [0, 0.1) is 0 Å². The van der Waals surface area contributed by atoms with Crippen LogP contribution in [0.25, 0.3) is 0 Å². The highest BCUT2D eigenvalue weighted by Crippen LogP contribution is 2.33. The highest BCUT2D eigenvalue weighted by molar-refractivity contribution is 6.33. The van der Waals surface area contributed by atoms with Gasteiger partial charge in [-0.05, 0) is 30.3 Å². The van der Waals surface area contributed by atoms with E-state index >= 15 is 0 Å². The van der Waals surface area contributed by atoms with Crippen molar-refractivity contribution in [3.8, 4) is 0 Å². The van der Waals surface area contributed by atoms with Crippen LogP contribution in [-0.4, -0.2) is 19.5 Å². The molecule has 2 aromatic rings. The molecule has 0 spiro atoms. The third-order valence-corrected chi connectivity index (χ3v) is 3.57. The van der Waals surface area contributed by atoms with Crippen LogP contribution in [0.5, 0.6) is 0 Å². The molecule has 122 valence electrons. The summed E-state index contributed by atoms with van der Waals surface area (Å²) in [4.78, 5) is 13.5.